The number of nitriles is 1. The van der Waals surface area contributed by atoms with Gasteiger partial charge in [-0.05, 0) is 65.9 Å². The molecule has 11 heteroatoms. The highest BCUT2D eigenvalue weighted by Crippen LogP contribution is 2.34. The van der Waals surface area contributed by atoms with Gasteiger partial charge in [-0.3, -0.25) is 0 Å². The van der Waals surface area contributed by atoms with Crippen molar-refractivity contribution in [2.75, 3.05) is 14.2 Å². The second-order valence-electron chi connectivity index (χ2n) is 7.67. The fourth-order valence-electron chi connectivity index (χ4n) is 3.27. The van der Waals surface area contributed by atoms with E-state index in [1.807, 2.05) is 0 Å². The Labute approximate surface area is 227 Å². The van der Waals surface area contributed by atoms with Crippen LogP contribution in [0.25, 0.3) is 17.5 Å². The van der Waals surface area contributed by atoms with E-state index in [0.717, 1.165) is 17.3 Å². The fraction of sp³-hybridized carbons (Fsp3) is 0.111. The number of benzene rings is 3. The molecule has 0 radical (unpaired) electrons. The van der Waals surface area contributed by atoms with E-state index in [2.05, 4.69) is 16.3 Å². The number of aromatic nitrogens is 2. The molecule has 0 atom stereocenters. The van der Waals surface area contributed by atoms with Gasteiger partial charge in [-0.25, -0.2) is 4.79 Å². The summed E-state index contributed by atoms with van der Waals surface area (Å²) in [6, 6.07) is 19.0. The van der Waals surface area contributed by atoms with E-state index < -0.39 is 5.97 Å². The second kappa shape index (κ2) is 12.2. The first-order valence-electron chi connectivity index (χ1n) is 11.0. The van der Waals surface area contributed by atoms with E-state index in [9.17, 15) is 9.90 Å². The van der Waals surface area contributed by atoms with Crippen LogP contribution in [0.3, 0.4) is 0 Å². The molecule has 0 aliphatic carbocycles. The molecule has 1 N–H and O–H groups in total. The number of carbonyl (C=O) groups is 1. The van der Waals surface area contributed by atoms with Gasteiger partial charge in [0.2, 0.25) is 5.89 Å². The van der Waals surface area contributed by atoms with Gasteiger partial charge in [0.25, 0.3) is 5.22 Å². The molecule has 0 aliphatic rings. The van der Waals surface area contributed by atoms with Crippen LogP contribution >= 0.6 is 23.4 Å². The van der Waals surface area contributed by atoms with Crippen LogP contribution in [0.15, 0.2) is 75.2 Å². The Kier molecular flexibility index (Phi) is 8.53. The summed E-state index contributed by atoms with van der Waals surface area (Å²) in [7, 11) is 3.05. The van der Waals surface area contributed by atoms with Gasteiger partial charge in [-0.15, -0.1) is 10.2 Å². The molecule has 0 amide bonds. The van der Waals surface area contributed by atoms with Gasteiger partial charge in [-0.1, -0.05) is 23.7 Å². The predicted molar refractivity (Wildman–Crippen MR) is 141 cm³/mol. The molecule has 38 heavy (non-hydrogen) atoms. The summed E-state index contributed by atoms with van der Waals surface area (Å²) >= 11 is 6.97. The number of aliphatic carboxylic acids is 1. The summed E-state index contributed by atoms with van der Waals surface area (Å²) in [6.07, 6.45) is 1.42. The minimum Gasteiger partial charge on any atom is -0.497 e. The number of ether oxygens (including phenoxy) is 3. The average molecular weight is 550 g/mol. The number of hydrogen-bond donors (Lipinski definition) is 1. The van der Waals surface area contributed by atoms with Crippen LogP contribution in [0.1, 0.15) is 16.7 Å². The average Bonchev–Trinajstić information content (AvgIpc) is 3.41. The molecule has 0 saturated heterocycles. The van der Waals surface area contributed by atoms with Crippen molar-refractivity contribution in [1.29, 1.82) is 5.26 Å². The minimum atomic E-state index is -1.20. The van der Waals surface area contributed by atoms with Gasteiger partial charge in [0.1, 0.15) is 28.8 Å². The normalized spacial score (nSPS) is 11.1. The van der Waals surface area contributed by atoms with Crippen molar-refractivity contribution in [2.45, 2.75) is 11.8 Å². The zero-order valence-electron chi connectivity index (χ0n) is 20.2. The first-order chi connectivity index (χ1) is 18.4. The summed E-state index contributed by atoms with van der Waals surface area (Å²) in [4.78, 5) is 12.0. The maximum absolute atomic E-state index is 12.1. The van der Waals surface area contributed by atoms with Gasteiger partial charge >= 0.3 is 5.97 Å². The Morgan fingerprint density at radius 2 is 1.79 bits per heavy atom. The number of carboxylic acids is 1. The molecular formula is C27H20ClN3O6S. The topological polar surface area (TPSA) is 128 Å². The van der Waals surface area contributed by atoms with E-state index in [1.165, 1.54) is 20.3 Å². The smallest absolute Gasteiger partial charge is 0.342 e. The number of rotatable bonds is 10. The summed E-state index contributed by atoms with van der Waals surface area (Å²) in [5.74, 6) is 0.465. The van der Waals surface area contributed by atoms with E-state index in [-0.39, 0.29) is 22.6 Å². The van der Waals surface area contributed by atoms with Crippen LogP contribution in [-0.2, 0) is 11.4 Å². The van der Waals surface area contributed by atoms with Gasteiger partial charge in [0.15, 0.2) is 0 Å². The molecule has 9 nitrogen and oxygen atoms in total. The molecule has 4 rings (SSSR count). The number of thioether (sulfide) groups is 1. The molecule has 0 fully saturated rings. The second-order valence-corrected chi connectivity index (χ2v) is 9.10. The van der Waals surface area contributed by atoms with Gasteiger partial charge in [-0.2, -0.15) is 5.26 Å². The molecule has 0 unspecified atom stereocenters. The molecule has 0 bridgehead atoms. The van der Waals surface area contributed by atoms with E-state index >= 15 is 0 Å². The third kappa shape index (κ3) is 6.64. The Hall–Kier alpha value is -4.46. The zero-order valence-corrected chi connectivity index (χ0v) is 21.7. The van der Waals surface area contributed by atoms with Crippen molar-refractivity contribution in [2.24, 2.45) is 0 Å². The molecule has 0 spiro atoms. The first-order valence-corrected chi connectivity index (χ1v) is 12.2. The fourth-order valence-corrected chi connectivity index (χ4v) is 4.11. The number of methoxy groups -OCH3 is 2. The van der Waals surface area contributed by atoms with Crippen molar-refractivity contribution >= 4 is 35.4 Å². The van der Waals surface area contributed by atoms with Crippen LogP contribution in [-0.4, -0.2) is 35.5 Å². The quantitative estimate of drug-likeness (QED) is 0.184. The number of nitrogens with zero attached hydrogens (tertiary/aromatic N) is 3. The lowest BCUT2D eigenvalue weighted by Crippen LogP contribution is -2.00. The third-order valence-corrected chi connectivity index (χ3v) is 6.24. The largest absolute Gasteiger partial charge is 0.497 e. The minimum absolute atomic E-state index is 0.0255. The monoisotopic (exact) mass is 549 g/mol. The Bertz CT molecular complexity index is 1510. The van der Waals surface area contributed by atoms with Crippen LogP contribution in [0, 0.1) is 11.3 Å². The van der Waals surface area contributed by atoms with Crippen LogP contribution in [0.5, 0.6) is 17.2 Å². The third-order valence-electron chi connectivity index (χ3n) is 5.15. The van der Waals surface area contributed by atoms with Gasteiger partial charge in [0.05, 0.1) is 25.9 Å². The summed E-state index contributed by atoms with van der Waals surface area (Å²) < 4.78 is 22.2. The summed E-state index contributed by atoms with van der Waals surface area (Å²) in [5.41, 5.74) is 2.39. The zero-order chi connectivity index (χ0) is 27.1. The first kappa shape index (κ1) is 26.6. The maximum Gasteiger partial charge on any atom is 0.342 e. The summed E-state index contributed by atoms with van der Waals surface area (Å²) in [6.45, 7) is 0.209. The van der Waals surface area contributed by atoms with Crippen molar-refractivity contribution in [1.82, 2.24) is 10.2 Å². The van der Waals surface area contributed by atoms with E-state index in [1.54, 1.807) is 60.7 Å². The van der Waals surface area contributed by atoms with Crippen LogP contribution < -0.4 is 14.2 Å². The standard InChI is InChI=1S/C27H20ClN3O6S/c1-34-21-10-19(11-22(13-21)35-2)25-30-31-27(37-25)38-24(26(32)33)12-18-9-20(28)7-8-23(18)36-15-17-5-3-16(14-29)4-6-17/h3-13H,15H2,1-2H3,(H,32,33)/b24-12-. The highest BCUT2D eigenvalue weighted by molar-refractivity contribution is 8.03. The van der Waals surface area contributed by atoms with Crippen LogP contribution in [0.2, 0.25) is 5.02 Å². The molecule has 0 aliphatic heterocycles. The molecule has 4 aromatic rings. The van der Waals surface area contributed by atoms with E-state index in [0.29, 0.717) is 39.0 Å². The molecule has 192 valence electrons. The Morgan fingerprint density at radius 3 is 2.42 bits per heavy atom. The van der Waals surface area contributed by atoms with E-state index in [4.69, 9.17) is 35.5 Å². The summed E-state index contributed by atoms with van der Waals surface area (Å²) in [5, 5.41) is 27.3. The van der Waals surface area contributed by atoms with Gasteiger partial charge in [0, 0.05) is 22.2 Å². The lowest BCUT2D eigenvalue weighted by molar-refractivity contribution is -0.131. The highest BCUT2D eigenvalue weighted by Gasteiger charge is 2.18. The molecule has 1 heterocycles. The van der Waals surface area contributed by atoms with Crippen molar-refractivity contribution < 1.29 is 28.5 Å². The lowest BCUT2D eigenvalue weighted by atomic mass is 10.1. The highest BCUT2D eigenvalue weighted by atomic mass is 35.5. The lowest BCUT2D eigenvalue weighted by Gasteiger charge is -2.11. The molecule has 0 saturated carbocycles. The van der Waals surface area contributed by atoms with Gasteiger partial charge < -0.3 is 23.7 Å². The van der Waals surface area contributed by atoms with Crippen molar-refractivity contribution in [3.05, 3.63) is 87.3 Å². The number of halogens is 1. The maximum atomic E-state index is 12.1. The SMILES string of the molecule is COc1cc(OC)cc(-c2nnc(S/C(=C\c3cc(Cl)ccc3OCc3ccc(C#N)cc3)C(=O)O)o2)c1. The number of hydrogen-bond acceptors (Lipinski definition) is 9. The van der Waals surface area contributed by atoms with Crippen molar-refractivity contribution in [3.8, 4) is 34.8 Å². The van der Waals surface area contributed by atoms with Crippen molar-refractivity contribution in [3.63, 3.8) is 0 Å². The Morgan fingerprint density at radius 1 is 1.08 bits per heavy atom. The molecular weight excluding hydrogens is 530 g/mol. The molecule has 3 aromatic carbocycles. The Balaban J connectivity index is 1.57. The van der Waals surface area contributed by atoms with Crippen LogP contribution in [0.4, 0.5) is 0 Å². The number of carboxylic acid groups (broad SMARTS) is 1. The molecule has 1 aromatic heterocycles. The predicted octanol–water partition coefficient (Wildman–Crippen LogP) is 6.08.